The second-order valence-electron chi connectivity index (χ2n) is 7.03. The number of amides is 2. The summed E-state index contributed by atoms with van der Waals surface area (Å²) in [7, 11) is 0. The zero-order valence-corrected chi connectivity index (χ0v) is 20.5. The highest BCUT2D eigenvalue weighted by Gasteiger charge is 2.34. The van der Waals surface area contributed by atoms with E-state index in [1.54, 1.807) is 25.1 Å². The summed E-state index contributed by atoms with van der Waals surface area (Å²) in [6.45, 7) is 6.55. The molecule has 0 aromatic heterocycles. The zero-order valence-electron chi connectivity index (χ0n) is 18.1. The third kappa shape index (κ3) is 5.28. The third-order valence-electron chi connectivity index (χ3n) is 5.03. The Morgan fingerprint density at radius 2 is 1.81 bits per heavy atom. The molecule has 3 rings (SSSR count). The number of anilines is 2. The predicted molar refractivity (Wildman–Crippen MR) is 133 cm³/mol. The molecule has 32 heavy (non-hydrogen) atoms. The maximum Gasteiger partial charge on any atom is 0.338 e. The quantitative estimate of drug-likeness (QED) is 0.362. The molecule has 1 heterocycles. The van der Waals surface area contributed by atoms with Gasteiger partial charge in [0.2, 0.25) is 0 Å². The Balaban J connectivity index is 1.79. The average molecular weight is 517 g/mol. The van der Waals surface area contributed by atoms with E-state index in [2.05, 4.69) is 31.9 Å². The van der Waals surface area contributed by atoms with E-state index >= 15 is 0 Å². The molecule has 7 nitrogen and oxygen atoms in total. The minimum absolute atomic E-state index is 0.286. The second-order valence-corrected chi connectivity index (χ2v) is 8.27. The van der Waals surface area contributed by atoms with Gasteiger partial charge >= 0.3 is 12.0 Å². The van der Waals surface area contributed by atoms with Crippen molar-refractivity contribution in [2.24, 2.45) is 0 Å². The molecular formula is C23H25BrN4O3S. The molecule has 2 amide bonds. The number of rotatable bonds is 6. The van der Waals surface area contributed by atoms with Crippen LogP contribution < -0.4 is 16.0 Å². The topological polar surface area (TPSA) is 82.7 Å². The van der Waals surface area contributed by atoms with Crippen LogP contribution in [0.2, 0.25) is 0 Å². The summed E-state index contributed by atoms with van der Waals surface area (Å²) in [5.74, 6) is -0.376. The zero-order chi connectivity index (χ0) is 23.3. The first-order chi connectivity index (χ1) is 15.3. The van der Waals surface area contributed by atoms with Crippen LogP contribution in [0.1, 0.15) is 32.4 Å². The van der Waals surface area contributed by atoms with Crippen molar-refractivity contribution in [2.45, 2.75) is 26.8 Å². The van der Waals surface area contributed by atoms with Crippen LogP contribution in [-0.2, 0) is 9.53 Å². The molecular weight excluding hydrogens is 492 g/mol. The lowest BCUT2D eigenvalue weighted by molar-refractivity contribution is -0.139. The van der Waals surface area contributed by atoms with Gasteiger partial charge < -0.3 is 25.6 Å². The van der Waals surface area contributed by atoms with E-state index in [-0.39, 0.29) is 18.6 Å². The van der Waals surface area contributed by atoms with Crippen molar-refractivity contribution in [2.75, 3.05) is 23.8 Å². The number of halogens is 1. The first kappa shape index (κ1) is 23.7. The molecule has 0 spiro atoms. The number of carbonyl (C=O) groups is 2. The summed E-state index contributed by atoms with van der Waals surface area (Å²) in [5, 5.41) is 9.40. The van der Waals surface area contributed by atoms with Crippen LogP contribution in [0.15, 0.2) is 64.3 Å². The van der Waals surface area contributed by atoms with Crippen LogP contribution in [0.3, 0.4) is 0 Å². The monoisotopic (exact) mass is 516 g/mol. The first-order valence-corrected chi connectivity index (χ1v) is 11.4. The van der Waals surface area contributed by atoms with E-state index in [0.29, 0.717) is 28.6 Å². The van der Waals surface area contributed by atoms with Gasteiger partial charge in [0.05, 0.1) is 23.9 Å². The molecule has 0 saturated heterocycles. The number of nitrogens with one attached hydrogen (secondary N) is 3. The van der Waals surface area contributed by atoms with Gasteiger partial charge in [-0.1, -0.05) is 24.3 Å². The fourth-order valence-corrected chi connectivity index (χ4v) is 4.26. The van der Waals surface area contributed by atoms with Gasteiger partial charge in [-0.05, 0) is 78.7 Å². The maximum atomic E-state index is 12.7. The standard InChI is InChI=1S/C23H25BrN4O3S/c1-4-28-14(3)19(21(29)31-5-2)20(27-23(28)32)15-10-12-16(13-11-15)25-22(30)26-18-9-7-6-8-17(18)24/h6-13,20H,4-5H2,1-3H3,(H,27,32)(H2,25,26,30). The highest BCUT2D eigenvalue weighted by Crippen LogP contribution is 2.32. The number of benzene rings is 2. The van der Waals surface area contributed by atoms with Gasteiger partial charge in [-0.2, -0.15) is 0 Å². The molecule has 2 aromatic rings. The number of thiocarbonyl (C=S) groups is 1. The molecule has 1 unspecified atom stereocenters. The Morgan fingerprint density at radius 3 is 2.44 bits per heavy atom. The van der Waals surface area contributed by atoms with E-state index in [0.717, 1.165) is 15.7 Å². The minimum atomic E-state index is -0.437. The Hall–Kier alpha value is -2.91. The first-order valence-electron chi connectivity index (χ1n) is 10.2. The number of nitrogens with zero attached hydrogens (tertiary/aromatic N) is 1. The summed E-state index contributed by atoms with van der Waals surface area (Å²) in [4.78, 5) is 26.9. The number of ether oxygens (including phenoxy) is 1. The summed E-state index contributed by atoms with van der Waals surface area (Å²) >= 11 is 8.91. The van der Waals surface area contributed by atoms with Gasteiger partial charge in [-0.25, -0.2) is 9.59 Å². The van der Waals surface area contributed by atoms with Crippen LogP contribution in [-0.4, -0.2) is 35.2 Å². The van der Waals surface area contributed by atoms with Gasteiger partial charge in [0.1, 0.15) is 0 Å². The predicted octanol–water partition coefficient (Wildman–Crippen LogP) is 5.18. The van der Waals surface area contributed by atoms with Crippen molar-refractivity contribution in [3.63, 3.8) is 0 Å². The Morgan fingerprint density at radius 1 is 1.12 bits per heavy atom. The van der Waals surface area contributed by atoms with E-state index < -0.39 is 6.04 Å². The van der Waals surface area contributed by atoms with Crippen LogP contribution in [0.5, 0.6) is 0 Å². The average Bonchev–Trinajstić information content (AvgIpc) is 2.76. The van der Waals surface area contributed by atoms with Crippen molar-refractivity contribution < 1.29 is 14.3 Å². The van der Waals surface area contributed by atoms with Crippen molar-refractivity contribution in [3.8, 4) is 0 Å². The molecule has 3 N–H and O–H groups in total. The van der Waals surface area contributed by atoms with Crippen LogP contribution >= 0.6 is 28.1 Å². The fourth-order valence-electron chi connectivity index (χ4n) is 3.49. The molecule has 2 aromatic carbocycles. The van der Waals surface area contributed by atoms with Gasteiger partial charge in [0, 0.05) is 22.4 Å². The van der Waals surface area contributed by atoms with Crippen LogP contribution in [0, 0.1) is 0 Å². The number of para-hydroxylation sites is 1. The lowest BCUT2D eigenvalue weighted by Crippen LogP contribution is -2.47. The van der Waals surface area contributed by atoms with Crippen LogP contribution in [0.25, 0.3) is 0 Å². The van der Waals surface area contributed by atoms with Gasteiger partial charge in [-0.15, -0.1) is 0 Å². The molecule has 0 saturated carbocycles. The van der Waals surface area contributed by atoms with Crippen molar-refractivity contribution >= 4 is 56.6 Å². The van der Waals surface area contributed by atoms with Gasteiger partial charge in [0.25, 0.3) is 0 Å². The van der Waals surface area contributed by atoms with Crippen LogP contribution in [0.4, 0.5) is 16.2 Å². The summed E-state index contributed by atoms with van der Waals surface area (Å²) in [5.41, 5.74) is 3.42. The number of urea groups is 1. The fraction of sp³-hybridized carbons (Fsp3) is 0.261. The summed E-state index contributed by atoms with van der Waals surface area (Å²) < 4.78 is 6.09. The lowest BCUT2D eigenvalue weighted by Gasteiger charge is -2.37. The highest BCUT2D eigenvalue weighted by molar-refractivity contribution is 9.10. The molecule has 0 fully saturated rings. The number of hydrogen-bond acceptors (Lipinski definition) is 4. The van der Waals surface area contributed by atoms with E-state index in [1.807, 2.05) is 49.1 Å². The molecule has 1 atom stereocenters. The van der Waals surface area contributed by atoms with Crippen molar-refractivity contribution in [1.29, 1.82) is 0 Å². The number of hydrogen-bond donors (Lipinski definition) is 3. The van der Waals surface area contributed by atoms with Gasteiger partial charge in [-0.3, -0.25) is 0 Å². The maximum absolute atomic E-state index is 12.7. The molecule has 0 radical (unpaired) electrons. The van der Waals surface area contributed by atoms with E-state index in [9.17, 15) is 9.59 Å². The largest absolute Gasteiger partial charge is 0.463 e. The SMILES string of the molecule is CCOC(=O)C1=C(C)N(CC)C(=S)NC1c1ccc(NC(=O)Nc2ccccc2Br)cc1. The number of allylic oxidation sites excluding steroid dienone is 1. The smallest absolute Gasteiger partial charge is 0.338 e. The highest BCUT2D eigenvalue weighted by atomic mass is 79.9. The molecule has 1 aliphatic heterocycles. The number of carbonyl (C=O) groups excluding carboxylic acids is 2. The molecule has 1 aliphatic rings. The Kier molecular flexibility index (Phi) is 7.87. The number of esters is 1. The van der Waals surface area contributed by atoms with E-state index in [1.165, 1.54) is 0 Å². The van der Waals surface area contributed by atoms with E-state index in [4.69, 9.17) is 17.0 Å². The second kappa shape index (κ2) is 10.6. The molecule has 0 aliphatic carbocycles. The van der Waals surface area contributed by atoms with Crippen molar-refractivity contribution in [3.05, 3.63) is 69.8 Å². The summed E-state index contributed by atoms with van der Waals surface area (Å²) in [6, 6.07) is 13.8. The molecule has 168 valence electrons. The molecule has 0 bridgehead atoms. The third-order valence-corrected chi connectivity index (χ3v) is 6.06. The van der Waals surface area contributed by atoms with Gasteiger partial charge in [0.15, 0.2) is 5.11 Å². The Bertz CT molecular complexity index is 1060. The normalized spacial score (nSPS) is 15.8. The minimum Gasteiger partial charge on any atom is -0.463 e. The summed E-state index contributed by atoms with van der Waals surface area (Å²) in [6.07, 6.45) is 0. The van der Waals surface area contributed by atoms with Crippen molar-refractivity contribution in [1.82, 2.24) is 10.2 Å². The molecule has 9 heteroatoms. The Labute approximate surface area is 201 Å². The lowest BCUT2D eigenvalue weighted by atomic mass is 9.95.